The molecular formula is C29H32N2O5. The van der Waals surface area contributed by atoms with Gasteiger partial charge in [0.2, 0.25) is 5.91 Å². The van der Waals surface area contributed by atoms with Crippen molar-refractivity contribution in [2.75, 3.05) is 17.2 Å². The number of rotatable bonds is 9. The average molecular weight is 489 g/mol. The summed E-state index contributed by atoms with van der Waals surface area (Å²) in [4.78, 5) is 36.0. The molecule has 0 saturated carbocycles. The average Bonchev–Trinajstić information content (AvgIpc) is 2.84. The van der Waals surface area contributed by atoms with Gasteiger partial charge in [0.05, 0.1) is 6.42 Å². The van der Waals surface area contributed by atoms with Crippen LogP contribution in [0.1, 0.15) is 44.7 Å². The first-order chi connectivity index (χ1) is 17.1. The monoisotopic (exact) mass is 488 g/mol. The molecule has 0 spiro atoms. The lowest BCUT2D eigenvalue weighted by molar-refractivity contribution is -0.147. The third-order valence-electron chi connectivity index (χ3n) is 5.35. The summed E-state index contributed by atoms with van der Waals surface area (Å²) in [5.74, 6) is -0.0214. The second-order valence-electron chi connectivity index (χ2n) is 9.52. The second-order valence-corrected chi connectivity index (χ2v) is 9.52. The highest BCUT2D eigenvalue weighted by Gasteiger charge is 2.13. The number of amides is 2. The topological polar surface area (TPSA) is 93.7 Å². The van der Waals surface area contributed by atoms with Gasteiger partial charge in [-0.05, 0) is 66.4 Å². The Kier molecular flexibility index (Phi) is 8.84. The Hall–Kier alpha value is -4.13. The van der Waals surface area contributed by atoms with Crippen LogP contribution in [0, 0.1) is 6.92 Å². The maximum Gasteiger partial charge on any atom is 0.306 e. The van der Waals surface area contributed by atoms with Crippen molar-refractivity contribution in [1.82, 2.24) is 0 Å². The van der Waals surface area contributed by atoms with E-state index in [2.05, 4.69) is 31.4 Å². The number of hydrogen-bond donors (Lipinski definition) is 2. The Morgan fingerprint density at radius 3 is 1.75 bits per heavy atom. The van der Waals surface area contributed by atoms with Gasteiger partial charge in [0.25, 0.3) is 5.91 Å². The minimum absolute atomic E-state index is 0.0587. The lowest BCUT2D eigenvalue weighted by atomic mass is 9.87. The van der Waals surface area contributed by atoms with Gasteiger partial charge in [0.1, 0.15) is 11.5 Å². The van der Waals surface area contributed by atoms with Crippen LogP contribution in [-0.2, 0) is 24.5 Å². The highest BCUT2D eigenvalue weighted by Crippen LogP contribution is 2.27. The van der Waals surface area contributed by atoms with E-state index in [0.717, 1.165) is 11.3 Å². The van der Waals surface area contributed by atoms with Crippen LogP contribution in [-0.4, -0.2) is 24.4 Å². The summed E-state index contributed by atoms with van der Waals surface area (Å²) in [6.07, 6.45) is -0.188. The summed E-state index contributed by atoms with van der Waals surface area (Å²) >= 11 is 0. The van der Waals surface area contributed by atoms with Crippen LogP contribution in [0.5, 0.6) is 11.5 Å². The minimum Gasteiger partial charge on any atom is -0.457 e. The van der Waals surface area contributed by atoms with E-state index >= 15 is 0 Å². The van der Waals surface area contributed by atoms with E-state index in [-0.39, 0.29) is 24.2 Å². The second kappa shape index (κ2) is 12.0. The van der Waals surface area contributed by atoms with Crippen molar-refractivity contribution in [1.29, 1.82) is 0 Å². The molecule has 0 atom stereocenters. The zero-order valence-electron chi connectivity index (χ0n) is 21.1. The van der Waals surface area contributed by atoms with Gasteiger partial charge in [-0.15, -0.1) is 0 Å². The van der Waals surface area contributed by atoms with Crippen LogP contribution in [0.2, 0.25) is 0 Å². The fraction of sp³-hybridized carbons (Fsp3) is 0.276. The number of anilines is 2. The number of carbonyl (C=O) groups is 3. The zero-order chi connectivity index (χ0) is 26.1. The van der Waals surface area contributed by atoms with E-state index in [9.17, 15) is 14.4 Å². The summed E-state index contributed by atoms with van der Waals surface area (Å²) < 4.78 is 10.8. The first kappa shape index (κ1) is 26.5. The van der Waals surface area contributed by atoms with Gasteiger partial charge >= 0.3 is 5.97 Å². The molecule has 3 aromatic carbocycles. The highest BCUT2D eigenvalue weighted by atomic mass is 16.5. The first-order valence-corrected chi connectivity index (χ1v) is 11.8. The molecule has 0 aliphatic heterocycles. The zero-order valence-corrected chi connectivity index (χ0v) is 21.1. The number of hydrogen-bond acceptors (Lipinski definition) is 5. The Balaban J connectivity index is 1.37. The Morgan fingerprint density at radius 2 is 1.19 bits per heavy atom. The molecule has 188 valence electrons. The van der Waals surface area contributed by atoms with Gasteiger partial charge in [0.15, 0.2) is 6.61 Å². The standard InChI is InChI=1S/C29H32N2O5/c1-20-5-9-22(10-6-20)31-27(33)19-35-28(34)18-17-26(32)30-23-11-15-25(16-12-23)36-24-13-7-21(8-14-24)29(2,3)4/h5-16H,17-19H2,1-4H3,(H,30,32)(H,31,33). The molecule has 0 heterocycles. The van der Waals surface area contributed by atoms with Gasteiger partial charge < -0.3 is 20.1 Å². The normalized spacial score (nSPS) is 10.9. The molecule has 0 saturated heterocycles. The third kappa shape index (κ3) is 8.58. The number of ether oxygens (including phenoxy) is 2. The van der Waals surface area contributed by atoms with E-state index in [1.807, 2.05) is 43.3 Å². The number of carbonyl (C=O) groups excluding carboxylic acids is 3. The van der Waals surface area contributed by atoms with E-state index < -0.39 is 18.5 Å². The molecule has 7 heteroatoms. The first-order valence-electron chi connectivity index (χ1n) is 11.8. The largest absolute Gasteiger partial charge is 0.457 e. The summed E-state index contributed by atoms with van der Waals surface area (Å²) in [6, 6.07) is 22.2. The van der Waals surface area contributed by atoms with Crippen molar-refractivity contribution < 1.29 is 23.9 Å². The van der Waals surface area contributed by atoms with Crippen molar-refractivity contribution in [2.45, 2.75) is 46.0 Å². The molecule has 3 aromatic rings. The van der Waals surface area contributed by atoms with E-state index in [4.69, 9.17) is 9.47 Å². The van der Waals surface area contributed by atoms with Gasteiger partial charge in [-0.25, -0.2) is 0 Å². The Morgan fingerprint density at radius 1 is 0.694 bits per heavy atom. The van der Waals surface area contributed by atoms with Gasteiger partial charge in [-0.3, -0.25) is 14.4 Å². The summed E-state index contributed by atoms with van der Waals surface area (Å²) in [6.45, 7) is 8.01. The van der Waals surface area contributed by atoms with Crippen LogP contribution in [0.25, 0.3) is 0 Å². The number of benzene rings is 3. The smallest absolute Gasteiger partial charge is 0.306 e. The summed E-state index contributed by atoms with van der Waals surface area (Å²) in [5, 5.41) is 5.38. The molecule has 36 heavy (non-hydrogen) atoms. The molecule has 2 N–H and O–H groups in total. The molecule has 0 fully saturated rings. The van der Waals surface area contributed by atoms with E-state index in [1.165, 1.54) is 5.56 Å². The summed E-state index contributed by atoms with van der Waals surface area (Å²) in [7, 11) is 0. The van der Waals surface area contributed by atoms with Crippen molar-refractivity contribution in [3.8, 4) is 11.5 Å². The van der Waals surface area contributed by atoms with Crippen molar-refractivity contribution in [3.63, 3.8) is 0 Å². The lowest BCUT2D eigenvalue weighted by Crippen LogP contribution is -2.21. The maximum atomic E-state index is 12.2. The molecule has 0 unspecified atom stereocenters. The SMILES string of the molecule is Cc1ccc(NC(=O)COC(=O)CCC(=O)Nc2ccc(Oc3ccc(C(C)(C)C)cc3)cc2)cc1. The fourth-order valence-corrected chi connectivity index (χ4v) is 3.26. The number of nitrogens with one attached hydrogen (secondary N) is 2. The molecule has 0 aromatic heterocycles. The van der Waals surface area contributed by atoms with Crippen molar-refractivity contribution in [3.05, 3.63) is 83.9 Å². The molecular weight excluding hydrogens is 456 g/mol. The minimum atomic E-state index is -0.620. The quantitative estimate of drug-likeness (QED) is 0.361. The predicted molar refractivity (Wildman–Crippen MR) is 140 cm³/mol. The Bertz CT molecular complexity index is 1180. The van der Waals surface area contributed by atoms with Crippen LogP contribution >= 0.6 is 0 Å². The van der Waals surface area contributed by atoms with Crippen LogP contribution in [0.4, 0.5) is 11.4 Å². The Labute approximate surface area is 211 Å². The molecule has 2 amide bonds. The molecule has 0 aliphatic rings. The highest BCUT2D eigenvalue weighted by molar-refractivity contribution is 5.94. The molecule has 0 bridgehead atoms. The number of esters is 1. The molecule has 7 nitrogen and oxygen atoms in total. The molecule has 0 radical (unpaired) electrons. The van der Waals surface area contributed by atoms with Crippen molar-refractivity contribution >= 4 is 29.2 Å². The van der Waals surface area contributed by atoms with Crippen molar-refractivity contribution in [2.24, 2.45) is 0 Å². The van der Waals surface area contributed by atoms with Gasteiger partial charge in [0, 0.05) is 17.8 Å². The predicted octanol–water partition coefficient (Wildman–Crippen LogP) is 5.99. The molecule has 3 rings (SSSR count). The third-order valence-corrected chi connectivity index (χ3v) is 5.35. The maximum absolute atomic E-state index is 12.2. The van der Waals surface area contributed by atoms with E-state index in [1.54, 1.807) is 36.4 Å². The summed E-state index contributed by atoms with van der Waals surface area (Å²) in [5.41, 5.74) is 3.58. The number of aryl methyl sites for hydroxylation is 1. The van der Waals surface area contributed by atoms with Crippen LogP contribution in [0.3, 0.4) is 0 Å². The van der Waals surface area contributed by atoms with Crippen LogP contribution < -0.4 is 15.4 Å². The van der Waals surface area contributed by atoms with E-state index in [0.29, 0.717) is 17.1 Å². The van der Waals surface area contributed by atoms with Gasteiger partial charge in [-0.1, -0.05) is 50.6 Å². The fourth-order valence-electron chi connectivity index (χ4n) is 3.26. The van der Waals surface area contributed by atoms with Crippen LogP contribution in [0.15, 0.2) is 72.8 Å². The molecule has 0 aliphatic carbocycles. The lowest BCUT2D eigenvalue weighted by Gasteiger charge is -2.19. The van der Waals surface area contributed by atoms with Gasteiger partial charge in [-0.2, -0.15) is 0 Å².